The molecule has 58 valence electrons. The van der Waals surface area contributed by atoms with Gasteiger partial charge in [-0.3, -0.25) is 0 Å². The molecule has 4 heteroatoms. The minimum Gasteiger partial charge on any atom is -0.331 e. The molecule has 11 heavy (non-hydrogen) atoms. The minimum atomic E-state index is -0.00653. The molecule has 2 aromatic heterocycles. The summed E-state index contributed by atoms with van der Waals surface area (Å²) in [6, 6.07) is 1.94. The van der Waals surface area contributed by atoms with Crippen LogP contribution in [0, 0.1) is 0 Å². The summed E-state index contributed by atoms with van der Waals surface area (Å²) in [5.74, 6) is 0. The molecular weight excluding hydrogens is 140 g/mol. The standard InChI is InChI=1S/C7H10N4/c1-5(8)11-3-2-6-7(11)10-4-9-6/h2-5H,8H2,1H3,(H,9,10). The highest BCUT2D eigenvalue weighted by Gasteiger charge is 2.04. The third-order valence-electron chi connectivity index (χ3n) is 1.74. The monoisotopic (exact) mass is 150 g/mol. The van der Waals surface area contributed by atoms with Crippen LogP contribution in [0.3, 0.4) is 0 Å². The van der Waals surface area contributed by atoms with Gasteiger partial charge in [0, 0.05) is 6.20 Å². The van der Waals surface area contributed by atoms with E-state index in [0.717, 1.165) is 11.2 Å². The van der Waals surface area contributed by atoms with Crippen molar-refractivity contribution in [3.05, 3.63) is 18.6 Å². The van der Waals surface area contributed by atoms with Gasteiger partial charge in [0.2, 0.25) is 0 Å². The quantitative estimate of drug-likeness (QED) is 0.632. The van der Waals surface area contributed by atoms with Gasteiger partial charge in [0.05, 0.1) is 12.5 Å². The molecule has 3 N–H and O–H groups in total. The molecule has 1 unspecified atom stereocenters. The first-order valence-corrected chi connectivity index (χ1v) is 3.54. The SMILES string of the molecule is CC(N)n1ccc2nc[nH]c21. The number of nitrogens with two attached hydrogens (primary N) is 1. The Kier molecular flexibility index (Phi) is 1.22. The lowest BCUT2D eigenvalue weighted by atomic mass is 10.5. The Morgan fingerprint density at radius 3 is 3.27 bits per heavy atom. The number of hydrogen-bond acceptors (Lipinski definition) is 2. The highest BCUT2D eigenvalue weighted by Crippen LogP contribution is 2.12. The van der Waals surface area contributed by atoms with Crippen LogP contribution in [0.25, 0.3) is 11.2 Å². The molecule has 0 bridgehead atoms. The fraction of sp³-hybridized carbons (Fsp3) is 0.286. The number of imidazole rings is 1. The molecule has 2 aromatic rings. The van der Waals surface area contributed by atoms with Gasteiger partial charge in [-0.2, -0.15) is 0 Å². The normalized spacial score (nSPS) is 14.0. The van der Waals surface area contributed by atoms with Gasteiger partial charge in [-0.05, 0) is 13.0 Å². The highest BCUT2D eigenvalue weighted by molar-refractivity contribution is 5.71. The van der Waals surface area contributed by atoms with E-state index in [1.807, 2.05) is 23.8 Å². The molecule has 2 heterocycles. The summed E-state index contributed by atoms with van der Waals surface area (Å²) in [6.45, 7) is 1.93. The van der Waals surface area contributed by atoms with Crippen molar-refractivity contribution in [1.82, 2.24) is 14.5 Å². The van der Waals surface area contributed by atoms with Crippen LogP contribution < -0.4 is 5.73 Å². The van der Waals surface area contributed by atoms with Gasteiger partial charge < -0.3 is 15.3 Å². The average Bonchev–Trinajstić information content (AvgIpc) is 2.41. The smallest absolute Gasteiger partial charge is 0.138 e. The molecule has 0 aliphatic rings. The van der Waals surface area contributed by atoms with E-state index in [1.165, 1.54) is 0 Å². The Hall–Kier alpha value is -1.29. The van der Waals surface area contributed by atoms with E-state index in [-0.39, 0.29) is 6.17 Å². The van der Waals surface area contributed by atoms with Crippen molar-refractivity contribution in [2.45, 2.75) is 13.1 Å². The van der Waals surface area contributed by atoms with Crippen LogP contribution >= 0.6 is 0 Å². The average molecular weight is 150 g/mol. The lowest BCUT2D eigenvalue weighted by Gasteiger charge is -2.06. The molecule has 0 radical (unpaired) electrons. The fourth-order valence-electron chi connectivity index (χ4n) is 1.19. The van der Waals surface area contributed by atoms with Crippen LogP contribution in [-0.4, -0.2) is 14.5 Å². The fourth-order valence-corrected chi connectivity index (χ4v) is 1.19. The van der Waals surface area contributed by atoms with Crippen molar-refractivity contribution < 1.29 is 0 Å². The summed E-state index contributed by atoms with van der Waals surface area (Å²) < 4.78 is 1.95. The van der Waals surface area contributed by atoms with E-state index in [0.29, 0.717) is 0 Å². The summed E-state index contributed by atoms with van der Waals surface area (Å²) >= 11 is 0. The van der Waals surface area contributed by atoms with Crippen LogP contribution in [-0.2, 0) is 0 Å². The summed E-state index contributed by atoms with van der Waals surface area (Å²) in [5, 5.41) is 0. The number of aromatic amines is 1. The zero-order valence-corrected chi connectivity index (χ0v) is 6.28. The Labute approximate surface area is 64.0 Å². The molecule has 4 nitrogen and oxygen atoms in total. The second-order valence-corrected chi connectivity index (χ2v) is 2.60. The number of H-pyrrole nitrogens is 1. The molecule has 0 saturated heterocycles. The third-order valence-corrected chi connectivity index (χ3v) is 1.74. The van der Waals surface area contributed by atoms with E-state index >= 15 is 0 Å². The number of nitrogens with one attached hydrogen (secondary N) is 1. The van der Waals surface area contributed by atoms with Gasteiger partial charge in [-0.15, -0.1) is 0 Å². The van der Waals surface area contributed by atoms with E-state index in [1.54, 1.807) is 6.33 Å². The first-order chi connectivity index (χ1) is 5.29. The van der Waals surface area contributed by atoms with E-state index in [9.17, 15) is 0 Å². The third kappa shape index (κ3) is 0.832. The van der Waals surface area contributed by atoms with Crippen molar-refractivity contribution in [3.8, 4) is 0 Å². The van der Waals surface area contributed by atoms with Gasteiger partial charge >= 0.3 is 0 Å². The lowest BCUT2D eigenvalue weighted by Crippen LogP contribution is -2.13. The van der Waals surface area contributed by atoms with Crippen molar-refractivity contribution >= 4 is 11.2 Å². The number of hydrogen-bond donors (Lipinski definition) is 2. The number of rotatable bonds is 1. The van der Waals surface area contributed by atoms with Gasteiger partial charge in [0.15, 0.2) is 0 Å². The van der Waals surface area contributed by atoms with E-state index < -0.39 is 0 Å². The molecule has 0 aromatic carbocycles. The first kappa shape index (κ1) is 6.42. The summed E-state index contributed by atoms with van der Waals surface area (Å²) in [7, 11) is 0. The summed E-state index contributed by atoms with van der Waals surface area (Å²) in [5.41, 5.74) is 7.65. The van der Waals surface area contributed by atoms with Crippen molar-refractivity contribution in [2.75, 3.05) is 0 Å². The minimum absolute atomic E-state index is 0.00653. The molecule has 0 aliphatic heterocycles. The molecule has 0 spiro atoms. The number of aromatic nitrogens is 3. The van der Waals surface area contributed by atoms with Crippen LogP contribution in [0.15, 0.2) is 18.6 Å². The maximum Gasteiger partial charge on any atom is 0.138 e. The van der Waals surface area contributed by atoms with Crippen LogP contribution in [0.4, 0.5) is 0 Å². The molecule has 0 saturated carbocycles. The van der Waals surface area contributed by atoms with Crippen molar-refractivity contribution in [3.63, 3.8) is 0 Å². The summed E-state index contributed by atoms with van der Waals surface area (Å²) in [4.78, 5) is 7.11. The van der Waals surface area contributed by atoms with Gasteiger partial charge in [0.25, 0.3) is 0 Å². The molecular formula is C7H10N4. The van der Waals surface area contributed by atoms with Gasteiger partial charge in [-0.25, -0.2) is 4.98 Å². The van der Waals surface area contributed by atoms with Gasteiger partial charge in [0.1, 0.15) is 11.2 Å². The van der Waals surface area contributed by atoms with E-state index in [2.05, 4.69) is 9.97 Å². The molecule has 0 aliphatic carbocycles. The predicted molar refractivity (Wildman–Crippen MR) is 43.0 cm³/mol. The zero-order chi connectivity index (χ0) is 7.84. The van der Waals surface area contributed by atoms with Crippen LogP contribution in [0.1, 0.15) is 13.1 Å². The Morgan fingerprint density at radius 2 is 2.55 bits per heavy atom. The Bertz CT molecular complexity index is 357. The first-order valence-electron chi connectivity index (χ1n) is 3.54. The molecule has 0 amide bonds. The topological polar surface area (TPSA) is 59.6 Å². The van der Waals surface area contributed by atoms with Crippen LogP contribution in [0.2, 0.25) is 0 Å². The highest BCUT2D eigenvalue weighted by atomic mass is 15.1. The second-order valence-electron chi connectivity index (χ2n) is 2.60. The van der Waals surface area contributed by atoms with Crippen molar-refractivity contribution in [2.24, 2.45) is 5.73 Å². The Balaban J connectivity index is 2.68. The Morgan fingerprint density at radius 1 is 1.73 bits per heavy atom. The largest absolute Gasteiger partial charge is 0.331 e. The number of fused-ring (bicyclic) bond motifs is 1. The lowest BCUT2D eigenvalue weighted by molar-refractivity contribution is 0.588. The maximum atomic E-state index is 5.70. The maximum absolute atomic E-state index is 5.70. The number of nitrogens with zero attached hydrogens (tertiary/aromatic N) is 2. The molecule has 2 rings (SSSR count). The van der Waals surface area contributed by atoms with Crippen molar-refractivity contribution in [1.29, 1.82) is 0 Å². The predicted octanol–water partition coefficient (Wildman–Crippen LogP) is 0.842. The summed E-state index contributed by atoms with van der Waals surface area (Å²) in [6.07, 6.45) is 3.59. The zero-order valence-electron chi connectivity index (χ0n) is 6.28. The van der Waals surface area contributed by atoms with Gasteiger partial charge in [-0.1, -0.05) is 0 Å². The molecule has 0 fully saturated rings. The van der Waals surface area contributed by atoms with E-state index in [4.69, 9.17) is 5.73 Å². The molecule has 1 atom stereocenters. The van der Waals surface area contributed by atoms with Crippen LogP contribution in [0.5, 0.6) is 0 Å². The second kappa shape index (κ2) is 2.10.